The zero-order valence-corrected chi connectivity index (χ0v) is 22.5. The number of hydrogen-bond acceptors (Lipinski definition) is 7. The summed E-state index contributed by atoms with van der Waals surface area (Å²) in [6.45, 7) is 5.28. The summed E-state index contributed by atoms with van der Waals surface area (Å²) < 4.78 is 5.79. The first-order chi connectivity index (χ1) is 17.3. The van der Waals surface area contributed by atoms with Crippen molar-refractivity contribution in [2.75, 3.05) is 7.11 Å². The Morgan fingerprint density at radius 2 is 1.51 bits per heavy atom. The minimum atomic E-state index is -0.916. The SMILES string of the molecule is COc1cc(O)c(Cl)c(C)c1-c1cc(O)c(Br)c2cc3c(c(O)c12)C(=O)c1c(O)cc(O)cc1C3(C)C. The van der Waals surface area contributed by atoms with Gasteiger partial charge in [-0.05, 0) is 57.7 Å². The number of carbonyl (C=O) groups is 1. The van der Waals surface area contributed by atoms with E-state index in [9.17, 15) is 30.3 Å². The van der Waals surface area contributed by atoms with E-state index >= 15 is 0 Å². The molecule has 0 amide bonds. The highest BCUT2D eigenvalue weighted by Gasteiger charge is 2.42. The fourth-order valence-corrected chi connectivity index (χ4v) is 5.88. The molecule has 0 saturated carbocycles. The highest BCUT2D eigenvalue weighted by atomic mass is 79.9. The highest BCUT2D eigenvalue weighted by molar-refractivity contribution is 9.10. The molecule has 0 spiro atoms. The number of phenolic OH excluding ortho intramolecular Hbond substituents is 5. The molecule has 9 heteroatoms. The number of rotatable bonds is 2. The van der Waals surface area contributed by atoms with Gasteiger partial charge in [-0.25, -0.2) is 0 Å². The summed E-state index contributed by atoms with van der Waals surface area (Å²) in [4.78, 5) is 13.7. The lowest BCUT2D eigenvalue weighted by Gasteiger charge is -2.35. The maximum absolute atomic E-state index is 13.7. The van der Waals surface area contributed by atoms with Crippen molar-refractivity contribution < 1.29 is 35.1 Å². The Balaban J connectivity index is 1.98. The van der Waals surface area contributed by atoms with Crippen molar-refractivity contribution in [1.82, 2.24) is 0 Å². The fraction of sp³-hybridized carbons (Fsp3) is 0.179. The number of ether oxygens (including phenoxy) is 1. The number of hydrogen-bond donors (Lipinski definition) is 5. The molecule has 0 saturated heterocycles. The van der Waals surface area contributed by atoms with Crippen LogP contribution in [-0.2, 0) is 5.41 Å². The first-order valence-electron chi connectivity index (χ1n) is 11.2. The van der Waals surface area contributed by atoms with E-state index in [1.165, 1.54) is 25.3 Å². The van der Waals surface area contributed by atoms with Gasteiger partial charge >= 0.3 is 0 Å². The van der Waals surface area contributed by atoms with Crippen LogP contribution in [0.15, 0.2) is 34.8 Å². The Morgan fingerprint density at radius 1 is 0.865 bits per heavy atom. The molecule has 0 heterocycles. The molecule has 0 unspecified atom stereocenters. The van der Waals surface area contributed by atoms with E-state index in [-0.39, 0.29) is 50.3 Å². The summed E-state index contributed by atoms with van der Waals surface area (Å²) in [5, 5.41) is 54.2. The average molecular weight is 586 g/mol. The Labute approximate surface area is 225 Å². The first-order valence-corrected chi connectivity index (χ1v) is 12.4. The Kier molecular flexibility index (Phi) is 5.55. The maximum atomic E-state index is 13.7. The van der Waals surface area contributed by atoms with E-state index in [0.717, 1.165) is 6.07 Å². The van der Waals surface area contributed by atoms with Crippen LogP contribution >= 0.6 is 27.5 Å². The second kappa shape index (κ2) is 8.19. The van der Waals surface area contributed by atoms with E-state index < -0.39 is 16.9 Å². The number of benzene rings is 4. The monoisotopic (exact) mass is 584 g/mol. The minimum absolute atomic E-state index is 0.00803. The van der Waals surface area contributed by atoms with Crippen molar-refractivity contribution in [2.24, 2.45) is 0 Å². The van der Waals surface area contributed by atoms with Gasteiger partial charge < -0.3 is 30.3 Å². The molecule has 1 aliphatic rings. The average Bonchev–Trinajstić information content (AvgIpc) is 2.82. The molecule has 7 nitrogen and oxygen atoms in total. The number of fused-ring (bicyclic) bond motifs is 3. The molecule has 0 aromatic heterocycles. The highest BCUT2D eigenvalue weighted by Crippen LogP contribution is 2.54. The minimum Gasteiger partial charge on any atom is -0.508 e. The third kappa shape index (κ3) is 3.35. The van der Waals surface area contributed by atoms with Crippen LogP contribution in [0.4, 0.5) is 0 Å². The smallest absolute Gasteiger partial charge is 0.201 e. The molecule has 0 radical (unpaired) electrons. The fourth-order valence-electron chi connectivity index (χ4n) is 5.30. The normalized spacial score (nSPS) is 13.9. The Morgan fingerprint density at radius 3 is 2.16 bits per heavy atom. The summed E-state index contributed by atoms with van der Waals surface area (Å²) >= 11 is 9.76. The molecule has 0 aliphatic heterocycles. The lowest BCUT2D eigenvalue weighted by molar-refractivity contribution is 0.102. The number of methoxy groups -OCH3 is 1. The summed E-state index contributed by atoms with van der Waals surface area (Å²) in [5.74, 6) is -1.65. The van der Waals surface area contributed by atoms with Crippen LogP contribution in [0.5, 0.6) is 34.5 Å². The largest absolute Gasteiger partial charge is 0.508 e. The molecular weight excluding hydrogens is 564 g/mol. The number of carbonyl (C=O) groups excluding carboxylic acids is 1. The van der Waals surface area contributed by atoms with Crippen molar-refractivity contribution in [3.05, 3.63) is 67.6 Å². The quantitative estimate of drug-likeness (QED) is 0.178. The number of aromatic hydroxyl groups is 5. The lowest BCUT2D eigenvalue weighted by atomic mass is 9.67. The van der Waals surface area contributed by atoms with Crippen molar-refractivity contribution >= 4 is 44.1 Å². The zero-order chi connectivity index (χ0) is 27.1. The van der Waals surface area contributed by atoms with E-state index in [0.29, 0.717) is 37.7 Å². The molecule has 37 heavy (non-hydrogen) atoms. The lowest BCUT2D eigenvalue weighted by Crippen LogP contribution is -2.30. The zero-order valence-electron chi connectivity index (χ0n) is 20.2. The molecule has 4 aromatic carbocycles. The van der Waals surface area contributed by atoms with Gasteiger partial charge in [-0.3, -0.25) is 4.79 Å². The summed E-state index contributed by atoms with van der Waals surface area (Å²) in [6.07, 6.45) is 0. The number of halogens is 2. The second-order valence-corrected chi connectivity index (χ2v) is 10.8. The molecule has 0 fully saturated rings. The van der Waals surface area contributed by atoms with Crippen LogP contribution in [0.2, 0.25) is 5.02 Å². The van der Waals surface area contributed by atoms with Gasteiger partial charge in [-0.2, -0.15) is 0 Å². The maximum Gasteiger partial charge on any atom is 0.201 e. The third-order valence-electron chi connectivity index (χ3n) is 7.15. The van der Waals surface area contributed by atoms with Gasteiger partial charge in [0.15, 0.2) is 0 Å². The predicted molar refractivity (Wildman–Crippen MR) is 144 cm³/mol. The van der Waals surface area contributed by atoms with Crippen molar-refractivity contribution in [2.45, 2.75) is 26.2 Å². The van der Waals surface area contributed by atoms with E-state index in [4.69, 9.17) is 16.3 Å². The number of phenols is 5. The number of ketones is 1. The summed E-state index contributed by atoms with van der Waals surface area (Å²) in [5.41, 5.74) is 1.08. The molecule has 190 valence electrons. The van der Waals surface area contributed by atoms with Crippen molar-refractivity contribution in [3.63, 3.8) is 0 Å². The molecule has 0 bridgehead atoms. The predicted octanol–water partition coefficient (Wildman–Crippen LogP) is 6.64. The van der Waals surface area contributed by atoms with Crippen molar-refractivity contribution in [1.29, 1.82) is 0 Å². The van der Waals surface area contributed by atoms with Crippen LogP contribution in [0.1, 0.15) is 46.5 Å². The third-order valence-corrected chi connectivity index (χ3v) is 8.46. The summed E-state index contributed by atoms with van der Waals surface area (Å²) in [7, 11) is 1.41. The standard InChI is InChI=1S/C28H22BrClO7/c1-10-20(19(37-4)9-18(34)25(10)30)12-8-17(33)24(29)13-7-15-23(26(35)21(12)13)27(36)22-14(28(15,2)3)5-11(31)6-16(22)32/h5-9,31-35H,1-4H3. The van der Waals surface area contributed by atoms with Gasteiger partial charge in [0.05, 0.1) is 27.7 Å². The van der Waals surface area contributed by atoms with Crippen LogP contribution < -0.4 is 4.74 Å². The first kappa shape index (κ1) is 25.0. The molecule has 4 aromatic rings. The topological polar surface area (TPSA) is 127 Å². The van der Waals surface area contributed by atoms with E-state index in [2.05, 4.69) is 15.9 Å². The molecule has 5 rings (SSSR count). The Bertz CT molecular complexity index is 1690. The Hall–Kier alpha value is -3.62. The van der Waals surface area contributed by atoms with Gasteiger partial charge in [-0.15, -0.1) is 0 Å². The van der Waals surface area contributed by atoms with E-state index in [1.54, 1.807) is 13.0 Å². The van der Waals surface area contributed by atoms with Gasteiger partial charge in [-0.1, -0.05) is 25.4 Å². The van der Waals surface area contributed by atoms with Crippen LogP contribution in [0.3, 0.4) is 0 Å². The molecule has 0 atom stereocenters. The van der Waals surface area contributed by atoms with Crippen LogP contribution in [-0.4, -0.2) is 38.4 Å². The summed E-state index contributed by atoms with van der Waals surface area (Å²) in [6, 6.07) is 6.96. The molecular formula is C28H22BrClO7. The van der Waals surface area contributed by atoms with Crippen LogP contribution in [0, 0.1) is 6.92 Å². The van der Waals surface area contributed by atoms with Gasteiger partial charge in [0.25, 0.3) is 0 Å². The molecule has 5 N–H and O–H groups in total. The van der Waals surface area contributed by atoms with Crippen LogP contribution in [0.25, 0.3) is 21.9 Å². The van der Waals surface area contributed by atoms with Gasteiger partial charge in [0.1, 0.15) is 34.5 Å². The van der Waals surface area contributed by atoms with E-state index in [1.807, 2.05) is 13.8 Å². The van der Waals surface area contributed by atoms with Gasteiger partial charge in [0, 0.05) is 39.4 Å². The second-order valence-electron chi connectivity index (χ2n) is 9.58. The molecule has 1 aliphatic carbocycles. The van der Waals surface area contributed by atoms with Gasteiger partial charge in [0.2, 0.25) is 5.78 Å². The van der Waals surface area contributed by atoms with Crippen molar-refractivity contribution in [3.8, 4) is 45.6 Å².